The van der Waals surface area contributed by atoms with Crippen molar-refractivity contribution in [2.24, 2.45) is 0 Å². The van der Waals surface area contributed by atoms with Crippen molar-refractivity contribution in [3.63, 3.8) is 0 Å². The molecule has 4 rings (SSSR count). The third kappa shape index (κ3) is 4.40. The Kier molecular flexibility index (Phi) is 6.95. The van der Waals surface area contributed by atoms with E-state index in [0.717, 1.165) is 39.5 Å². The third-order valence-electron chi connectivity index (χ3n) is 5.89. The number of pyridine rings is 1. The van der Waals surface area contributed by atoms with Crippen molar-refractivity contribution < 1.29 is 19.0 Å². The number of esters is 1. The van der Waals surface area contributed by atoms with E-state index in [2.05, 4.69) is 17.2 Å². The van der Waals surface area contributed by atoms with E-state index in [4.69, 9.17) is 24.2 Å². The van der Waals surface area contributed by atoms with Gasteiger partial charge in [-0.3, -0.25) is 0 Å². The molecule has 3 heterocycles. The highest BCUT2D eigenvalue weighted by molar-refractivity contribution is 5.79. The molecule has 0 unspecified atom stereocenters. The van der Waals surface area contributed by atoms with Gasteiger partial charge >= 0.3 is 5.97 Å². The lowest BCUT2D eigenvalue weighted by Crippen LogP contribution is -2.35. The van der Waals surface area contributed by atoms with Crippen LogP contribution in [0.3, 0.4) is 0 Å². The SMILES string of the molecule is CCOC(=O)[C@H]1Oc2ncccc2[C@@H]1Nc1nc(CC)c(-c2ccc(OC)cc2C)nc1CC. The Morgan fingerprint density at radius 3 is 2.59 bits per heavy atom. The number of hydrogen-bond acceptors (Lipinski definition) is 8. The van der Waals surface area contributed by atoms with E-state index < -0.39 is 18.1 Å². The maximum absolute atomic E-state index is 12.7. The summed E-state index contributed by atoms with van der Waals surface area (Å²) in [5, 5.41) is 3.43. The third-order valence-corrected chi connectivity index (χ3v) is 5.89. The van der Waals surface area contributed by atoms with Crippen LogP contribution in [0.25, 0.3) is 11.3 Å². The van der Waals surface area contributed by atoms with E-state index >= 15 is 0 Å². The van der Waals surface area contributed by atoms with Crippen LogP contribution in [-0.2, 0) is 22.4 Å². The molecule has 2 aromatic heterocycles. The number of ether oxygens (including phenoxy) is 3. The molecule has 8 heteroatoms. The van der Waals surface area contributed by atoms with Crippen LogP contribution in [0.2, 0.25) is 0 Å². The predicted molar refractivity (Wildman–Crippen MR) is 129 cm³/mol. The zero-order valence-corrected chi connectivity index (χ0v) is 20.2. The average molecular weight is 463 g/mol. The number of carbonyl (C=O) groups is 1. The number of hydrogen-bond donors (Lipinski definition) is 1. The quantitative estimate of drug-likeness (QED) is 0.491. The Bertz CT molecular complexity index is 1200. The lowest BCUT2D eigenvalue weighted by molar-refractivity contribution is -0.151. The van der Waals surface area contributed by atoms with Crippen molar-refractivity contribution in [3.8, 4) is 22.9 Å². The molecule has 0 radical (unpaired) electrons. The minimum atomic E-state index is -0.857. The van der Waals surface area contributed by atoms with Gasteiger partial charge in [-0.1, -0.05) is 13.8 Å². The molecule has 3 aromatic rings. The molecule has 0 saturated heterocycles. The Hall–Kier alpha value is -3.68. The van der Waals surface area contributed by atoms with Crippen LogP contribution in [-0.4, -0.2) is 40.7 Å². The molecule has 0 bridgehead atoms. The molecule has 0 aliphatic carbocycles. The van der Waals surface area contributed by atoms with Gasteiger partial charge in [0.05, 0.1) is 30.8 Å². The number of fused-ring (bicyclic) bond motifs is 1. The molecule has 0 amide bonds. The highest BCUT2D eigenvalue weighted by Crippen LogP contribution is 2.38. The molecule has 0 fully saturated rings. The average Bonchev–Trinajstić information content (AvgIpc) is 3.22. The Balaban J connectivity index is 1.75. The molecule has 8 nitrogen and oxygen atoms in total. The van der Waals surface area contributed by atoms with Gasteiger partial charge in [0.2, 0.25) is 12.0 Å². The van der Waals surface area contributed by atoms with Crippen LogP contribution in [0.15, 0.2) is 36.5 Å². The number of aromatic nitrogens is 3. The summed E-state index contributed by atoms with van der Waals surface area (Å²) in [6.07, 6.45) is 2.15. The van der Waals surface area contributed by atoms with Gasteiger partial charge < -0.3 is 19.5 Å². The van der Waals surface area contributed by atoms with Crippen molar-refractivity contribution in [2.75, 3.05) is 19.0 Å². The minimum absolute atomic E-state index is 0.269. The first-order valence-corrected chi connectivity index (χ1v) is 11.6. The molecule has 2 atom stereocenters. The first kappa shape index (κ1) is 23.5. The second-order valence-electron chi connectivity index (χ2n) is 8.01. The lowest BCUT2D eigenvalue weighted by Gasteiger charge is -2.22. The number of benzene rings is 1. The largest absolute Gasteiger partial charge is 0.497 e. The Morgan fingerprint density at radius 1 is 1.12 bits per heavy atom. The summed E-state index contributed by atoms with van der Waals surface area (Å²) in [4.78, 5) is 26.9. The van der Waals surface area contributed by atoms with Crippen molar-refractivity contribution in [3.05, 3.63) is 59.0 Å². The molecule has 178 valence electrons. The fraction of sp³-hybridized carbons (Fsp3) is 0.385. The maximum atomic E-state index is 12.7. The van der Waals surface area contributed by atoms with E-state index in [1.807, 2.05) is 44.2 Å². The first-order chi connectivity index (χ1) is 16.5. The van der Waals surface area contributed by atoms with Crippen molar-refractivity contribution in [1.29, 1.82) is 0 Å². The lowest BCUT2D eigenvalue weighted by atomic mass is 10.0. The van der Waals surface area contributed by atoms with Gasteiger partial charge in [-0.05, 0) is 62.6 Å². The van der Waals surface area contributed by atoms with Crippen LogP contribution in [0.4, 0.5) is 5.82 Å². The van der Waals surface area contributed by atoms with Gasteiger partial charge in [0.15, 0.2) is 0 Å². The first-order valence-electron chi connectivity index (χ1n) is 11.6. The molecule has 1 aliphatic heterocycles. The van der Waals surface area contributed by atoms with E-state index in [1.54, 1.807) is 20.2 Å². The number of rotatable bonds is 8. The minimum Gasteiger partial charge on any atom is -0.497 e. The van der Waals surface area contributed by atoms with Gasteiger partial charge in [-0.2, -0.15) is 0 Å². The number of aryl methyl sites for hydroxylation is 3. The summed E-state index contributed by atoms with van der Waals surface area (Å²) in [5.41, 5.74) is 5.41. The van der Waals surface area contributed by atoms with E-state index in [-0.39, 0.29) is 6.61 Å². The zero-order chi connectivity index (χ0) is 24.2. The second-order valence-corrected chi connectivity index (χ2v) is 8.01. The Labute approximate surface area is 199 Å². The van der Waals surface area contributed by atoms with Gasteiger partial charge in [0.1, 0.15) is 17.6 Å². The van der Waals surface area contributed by atoms with Crippen molar-refractivity contribution in [2.45, 2.75) is 52.7 Å². The van der Waals surface area contributed by atoms with Gasteiger partial charge in [-0.25, -0.2) is 19.7 Å². The molecule has 1 aliphatic rings. The van der Waals surface area contributed by atoms with Crippen LogP contribution in [0.1, 0.15) is 49.3 Å². The number of nitrogens with zero attached hydrogens (tertiary/aromatic N) is 3. The summed E-state index contributed by atoms with van der Waals surface area (Å²) in [6, 6.07) is 9.19. The topological polar surface area (TPSA) is 95.5 Å². The number of methoxy groups -OCH3 is 1. The number of carbonyl (C=O) groups excluding carboxylic acids is 1. The van der Waals surface area contributed by atoms with Crippen molar-refractivity contribution in [1.82, 2.24) is 15.0 Å². The highest BCUT2D eigenvalue weighted by atomic mass is 16.6. The molecular weight excluding hydrogens is 432 g/mol. The smallest absolute Gasteiger partial charge is 0.349 e. The molecule has 0 saturated carbocycles. The molecule has 0 spiro atoms. The normalized spacial score (nSPS) is 16.5. The van der Waals surface area contributed by atoms with E-state index in [1.165, 1.54) is 0 Å². The fourth-order valence-corrected chi connectivity index (χ4v) is 4.16. The van der Waals surface area contributed by atoms with E-state index in [0.29, 0.717) is 24.5 Å². The van der Waals surface area contributed by atoms with Crippen LogP contribution in [0, 0.1) is 6.92 Å². The summed E-state index contributed by atoms with van der Waals surface area (Å²) in [5.74, 6) is 1.42. The van der Waals surface area contributed by atoms with Gasteiger partial charge in [0.25, 0.3) is 0 Å². The van der Waals surface area contributed by atoms with Crippen LogP contribution in [0.5, 0.6) is 11.6 Å². The summed E-state index contributed by atoms with van der Waals surface area (Å²) >= 11 is 0. The Morgan fingerprint density at radius 2 is 1.91 bits per heavy atom. The molecular formula is C26H30N4O4. The summed E-state index contributed by atoms with van der Waals surface area (Å²) in [6.45, 7) is 8.18. The number of anilines is 1. The monoisotopic (exact) mass is 462 g/mol. The van der Waals surface area contributed by atoms with Crippen molar-refractivity contribution >= 4 is 11.8 Å². The maximum Gasteiger partial charge on any atom is 0.349 e. The predicted octanol–water partition coefficient (Wildman–Crippen LogP) is 4.46. The molecule has 1 N–H and O–H groups in total. The standard InChI is InChI=1S/C26H30N4O4/c1-6-19-21(17-12-11-16(32-5)14-15(17)4)28-20(7-2)24(29-19)30-22-18-10-9-13-27-25(18)34-23(22)26(31)33-8-3/h9-14,22-23H,6-8H2,1-5H3,(H,29,30)/t22-,23-/m0/s1. The van der Waals surface area contributed by atoms with E-state index in [9.17, 15) is 4.79 Å². The molecule has 1 aromatic carbocycles. The fourth-order valence-electron chi connectivity index (χ4n) is 4.16. The van der Waals surface area contributed by atoms with Crippen LogP contribution < -0.4 is 14.8 Å². The molecule has 34 heavy (non-hydrogen) atoms. The van der Waals surface area contributed by atoms with Gasteiger partial charge in [0, 0.05) is 17.3 Å². The second kappa shape index (κ2) is 10.1. The summed E-state index contributed by atoms with van der Waals surface area (Å²) in [7, 11) is 1.66. The van der Waals surface area contributed by atoms with Gasteiger partial charge in [-0.15, -0.1) is 0 Å². The highest BCUT2D eigenvalue weighted by Gasteiger charge is 2.42. The zero-order valence-electron chi connectivity index (χ0n) is 20.2. The van der Waals surface area contributed by atoms with Crippen LogP contribution >= 0.6 is 0 Å². The summed E-state index contributed by atoms with van der Waals surface area (Å²) < 4.78 is 16.5. The number of nitrogens with one attached hydrogen (secondary N) is 1.